The lowest BCUT2D eigenvalue weighted by atomic mass is 10.1. The van der Waals surface area contributed by atoms with E-state index in [1.807, 2.05) is 18.2 Å². The molecule has 23 heavy (non-hydrogen) atoms. The summed E-state index contributed by atoms with van der Waals surface area (Å²) in [4.78, 5) is 24.3. The van der Waals surface area contributed by atoms with Gasteiger partial charge >= 0.3 is 6.09 Å². The molecule has 0 radical (unpaired) electrons. The van der Waals surface area contributed by atoms with Gasteiger partial charge < -0.3 is 4.74 Å². The van der Waals surface area contributed by atoms with Crippen LogP contribution in [0, 0.1) is 0 Å². The summed E-state index contributed by atoms with van der Waals surface area (Å²) in [7, 11) is 1.24. The Kier molecular flexibility index (Phi) is 4.04. The quantitative estimate of drug-likeness (QED) is 0.781. The molecule has 116 valence electrons. The average Bonchev–Trinajstić information content (AvgIpc) is 2.58. The van der Waals surface area contributed by atoms with Gasteiger partial charge in [0.2, 0.25) is 0 Å². The summed E-state index contributed by atoms with van der Waals surface area (Å²) < 4.78 is 5.78. The van der Waals surface area contributed by atoms with Crippen molar-refractivity contribution >= 4 is 28.5 Å². The SMILES string of the molecule is COC(=O)Nn1c(-c2ccc(Cl)cc2)cc2ccccc2c1=O. The molecule has 5 nitrogen and oxygen atoms in total. The normalized spacial score (nSPS) is 10.5. The van der Waals surface area contributed by atoms with Crippen molar-refractivity contribution in [1.82, 2.24) is 4.68 Å². The van der Waals surface area contributed by atoms with Gasteiger partial charge in [0.1, 0.15) is 0 Å². The van der Waals surface area contributed by atoms with Crippen molar-refractivity contribution in [2.24, 2.45) is 0 Å². The largest absolute Gasteiger partial charge is 0.452 e. The van der Waals surface area contributed by atoms with E-state index in [0.717, 1.165) is 10.9 Å². The minimum absolute atomic E-state index is 0.335. The fourth-order valence-electron chi connectivity index (χ4n) is 2.34. The molecule has 1 aromatic heterocycles. The maximum atomic E-state index is 12.7. The van der Waals surface area contributed by atoms with E-state index in [-0.39, 0.29) is 5.56 Å². The van der Waals surface area contributed by atoms with Crippen molar-refractivity contribution in [3.8, 4) is 11.3 Å². The van der Waals surface area contributed by atoms with Gasteiger partial charge in [0.05, 0.1) is 12.8 Å². The van der Waals surface area contributed by atoms with Crippen LogP contribution in [0.4, 0.5) is 4.79 Å². The molecule has 1 heterocycles. The molecule has 0 aliphatic heterocycles. The van der Waals surface area contributed by atoms with Gasteiger partial charge in [-0.1, -0.05) is 41.9 Å². The predicted octanol–water partition coefficient (Wildman–Crippen LogP) is 3.63. The number of rotatable bonds is 2. The highest BCUT2D eigenvalue weighted by Gasteiger charge is 2.13. The summed E-state index contributed by atoms with van der Waals surface area (Å²) in [5.41, 5.74) is 3.39. The first-order valence-corrected chi connectivity index (χ1v) is 7.23. The van der Waals surface area contributed by atoms with Crippen molar-refractivity contribution in [3.05, 3.63) is 70.0 Å². The van der Waals surface area contributed by atoms with Crippen LogP contribution in [0.5, 0.6) is 0 Å². The van der Waals surface area contributed by atoms with E-state index in [2.05, 4.69) is 10.2 Å². The molecule has 3 rings (SSSR count). The van der Waals surface area contributed by atoms with Crippen LogP contribution in [0.2, 0.25) is 5.02 Å². The number of carbonyl (C=O) groups excluding carboxylic acids is 1. The topological polar surface area (TPSA) is 60.3 Å². The maximum absolute atomic E-state index is 12.7. The van der Waals surface area contributed by atoms with Crippen LogP contribution in [0.3, 0.4) is 0 Å². The standard InChI is InChI=1S/C17H13ClN2O3/c1-23-17(22)19-20-15(11-6-8-13(18)9-7-11)10-12-4-2-3-5-14(12)16(20)21/h2-10H,1H3,(H,19,22). The molecule has 3 aromatic rings. The summed E-state index contributed by atoms with van der Waals surface area (Å²) in [6.45, 7) is 0. The minimum Gasteiger partial charge on any atom is -0.452 e. The highest BCUT2D eigenvalue weighted by atomic mass is 35.5. The number of pyridine rings is 1. The van der Waals surface area contributed by atoms with Gasteiger partial charge in [-0.05, 0) is 29.7 Å². The average molecular weight is 329 g/mol. The van der Waals surface area contributed by atoms with Gasteiger partial charge in [0.15, 0.2) is 0 Å². The van der Waals surface area contributed by atoms with Gasteiger partial charge in [-0.25, -0.2) is 14.9 Å². The molecule has 1 amide bonds. The second-order valence-corrected chi connectivity index (χ2v) is 5.30. The van der Waals surface area contributed by atoms with E-state index < -0.39 is 6.09 Å². The Morgan fingerprint density at radius 2 is 1.83 bits per heavy atom. The molecule has 0 aliphatic rings. The Hall–Kier alpha value is -2.79. The molecule has 0 saturated heterocycles. The second-order valence-electron chi connectivity index (χ2n) is 4.87. The van der Waals surface area contributed by atoms with E-state index in [1.165, 1.54) is 11.8 Å². The van der Waals surface area contributed by atoms with Crippen LogP contribution in [0.25, 0.3) is 22.0 Å². The molecular formula is C17H13ClN2O3. The Morgan fingerprint density at radius 3 is 2.52 bits per heavy atom. The smallest absolute Gasteiger partial charge is 0.426 e. The lowest BCUT2D eigenvalue weighted by Gasteiger charge is -2.15. The molecule has 0 saturated carbocycles. The number of hydrogen-bond acceptors (Lipinski definition) is 3. The third-order valence-electron chi connectivity index (χ3n) is 3.46. The second kappa shape index (κ2) is 6.14. The van der Waals surface area contributed by atoms with Gasteiger partial charge in [-0.3, -0.25) is 4.79 Å². The number of nitrogens with one attached hydrogen (secondary N) is 1. The Labute approximate surface area is 137 Å². The van der Waals surface area contributed by atoms with Crippen molar-refractivity contribution in [2.45, 2.75) is 0 Å². The Bertz CT molecular complexity index is 933. The van der Waals surface area contributed by atoms with Crippen LogP contribution in [0.1, 0.15) is 0 Å². The number of hydrogen-bond donors (Lipinski definition) is 1. The van der Waals surface area contributed by atoms with Crippen molar-refractivity contribution in [2.75, 3.05) is 12.5 Å². The van der Waals surface area contributed by atoms with Crippen molar-refractivity contribution in [1.29, 1.82) is 0 Å². The van der Waals surface area contributed by atoms with E-state index in [9.17, 15) is 9.59 Å². The molecule has 6 heteroatoms. The third kappa shape index (κ3) is 2.91. The zero-order chi connectivity index (χ0) is 16.4. The van der Waals surface area contributed by atoms with Crippen LogP contribution in [0.15, 0.2) is 59.4 Å². The van der Waals surface area contributed by atoms with Gasteiger partial charge in [-0.2, -0.15) is 0 Å². The molecule has 1 N–H and O–H groups in total. The van der Waals surface area contributed by atoms with Crippen LogP contribution >= 0.6 is 11.6 Å². The third-order valence-corrected chi connectivity index (χ3v) is 3.71. The first-order valence-electron chi connectivity index (χ1n) is 6.86. The molecule has 0 unspecified atom stereocenters. The molecule has 0 spiro atoms. The van der Waals surface area contributed by atoms with E-state index in [0.29, 0.717) is 16.1 Å². The number of fused-ring (bicyclic) bond motifs is 1. The number of carbonyl (C=O) groups is 1. The zero-order valence-corrected chi connectivity index (χ0v) is 13.0. The van der Waals surface area contributed by atoms with Crippen molar-refractivity contribution in [3.63, 3.8) is 0 Å². The number of amides is 1. The lowest BCUT2D eigenvalue weighted by Crippen LogP contribution is -2.34. The summed E-state index contributed by atoms with van der Waals surface area (Å²) in [5.74, 6) is 0. The molecule has 0 atom stereocenters. The van der Waals surface area contributed by atoms with Gasteiger partial charge in [0.25, 0.3) is 5.56 Å². The molecule has 0 bridgehead atoms. The minimum atomic E-state index is -0.724. The van der Waals surface area contributed by atoms with Crippen LogP contribution < -0.4 is 11.0 Å². The molecular weight excluding hydrogens is 316 g/mol. The summed E-state index contributed by atoms with van der Waals surface area (Å²) in [5, 5.41) is 1.87. The van der Waals surface area contributed by atoms with Crippen molar-refractivity contribution < 1.29 is 9.53 Å². The fraction of sp³-hybridized carbons (Fsp3) is 0.0588. The molecule has 0 aliphatic carbocycles. The lowest BCUT2D eigenvalue weighted by molar-refractivity contribution is 0.183. The van der Waals surface area contributed by atoms with E-state index in [1.54, 1.807) is 36.4 Å². The van der Waals surface area contributed by atoms with Gasteiger partial charge in [0, 0.05) is 16.0 Å². The monoisotopic (exact) mass is 328 g/mol. The predicted molar refractivity (Wildman–Crippen MR) is 90.4 cm³/mol. The number of ether oxygens (including phenoxy) is 1. The highest BCUT2D eigenvalue weighted by molar-refractivity contribution is 6.30. The highest BCUT2D eigenvalue weighted by Crippen LogP contribution is 2.23. The van der Waals surface area contributed by atoms with Crippen LogP contribution in [-0.4, -0.2) is 17.9 Å². The summed E-state index contributed by atoms with van der Waals surface area (Å²) in [6.07, 6.45) is -0.724. The number of nitrogens with zero attached hydrogens (tertiary/aromatic N) is 1. The van der Waals surface area contributed by atoms with E-state index in [4.69, 9.17) is 11.6 Å². The summed E-state index contributed by atoms with van der Waals surface area (Å²) in [6, 6.07) is 16.0. The van der Waals surface area contributed by atoms with Crippen LogP contribution in [-0.2, 0) is 4.74 Å². The zero-order valence-electron chi connectivity index (χ0n) is 12.2. The van der Waals surface area contributed by atoms with E-state index >= 15 is 0 Å². The maximum Gasteiger partial charge on any atom is 0.426 e. The number of benzene rings is 2. The first kappa shape index (κ1) is 15.1. The first-order chi connectivity index (χ1) is 11.1. The Morgan fingerprint density at radius 1 is 1.13 bits per heavy atom. The Balaban J connectivity index is 2.29. The fourth-order valence-corrected chi connectivity index (χ4v) is 2.47. The van der Waals surface area contributed by atoms with Gasteiger partial charge in [-0.15, -0.1) is 0 Å². The number of aromatic nitrogens is 1. The number of halogens is 1. The molecule has 0 fully saturated rings. The summed E-state index contributed by atoms with van der Waals surface area (Å²) >= 11 is 5.91. The molecule has 2 aromatic carbocycles. The number of methoxy groups -OCH3 is 1.